The Labute approximate surface area is 202 Å². The van der Waals surface area contributed by atoms with Gasteiger partial charge in [0.2, 0.25) is 5.88 Å². The number of hydrogen-bond acceptors (Lipinski definition) is 7. The van der Waals surface area contributed by atoms with E-state index in [1.807, 2.05) is 18.7 Å². The lowest BCUT2D eigenvalue weighted by Crippen LogP contribution is -2.49. The van der Waals surface area contributed by atoms with Crippen molar-refractivity contribution in [1.82, 2.24) is 19.4 Å². The summed E-state index contributed by atoms with van der Waals surface area (Å²) >= 11 is 0. The van der Waals surface area contributed by atoms with Crippen molar-refractivity contribution >= 4 is 27.0 Å². The van der Waals surface area contributed by atoms with Gasteiger partial charge >= 0.3 is 6.09 Å². The molecule has 2 atom stereocenters. The van der Waals surface area contributed by atoms with Crippen molar-refractivity contribution in [3.63, 3.8) is 0 Å². The Morgan fingerprint density at radius 3 is 2.49 bits per heavy atom. The molecule has 0 spiro atoms. The van der Waals surface area contributed by atoms with Crippen LogP contribution in [0, 0.1) is 5.82 Å². The zero-order valence-electron chi connectivity index (χ0n) is 19.7. The molecule has 2 aliphatic rings. The van der Waals surface area contributed by atoms with Gasteiger partial charge in [0.15, 0.2) is 15.5 Å². The molecule has 2 fully saturated rings. The Balaban J connectivity index is 1.38. The molecule has 11 heteroatoms. The summed E-state index contributed by atoms with van der Waals surface area (Å²) in [6, 6.07) is 5.66. The van der Waals surface area contributed by atoms with Crippen LogP contribution in [0.4, 0.5) is 9.18 Å². The Kier molecular flexibility index (Phi) is 5.90. The third-order valence-electron chi connectivity index (χ3n) is 6.57. The number of piperidine rings is 1. The Morgan fingerprint density at radius 2 is 1.86 bits per heavy atom. The van der Waals surface area contributed by atoms with Crippen molar-refractivity contribution in [1.29, 1.82) is 0 Å². The maximum absolute atomic E-state index is 14.8. The highest BCUT2D eigenvalue weighted by Crippen LogP contribution is 2.38. The van der Waals surface area contributed by atoms with Crippen LogP contribution < -0.4 is 4.74 Å². The number of halogens is 1. The molecular weight excluding hydrogens is 475 g/mol. The largest absolute Gasteiger partial charge is 0.474 e. The van der Waals surface area contributed by atoms with Crippen molar-refractivity contribution in [3.8, 4) is 11.6 Å². The van der Waals surface area contributed by atoms with Crippen molar-refractivity contribution in [3.05, 3.63) is 42.6 Å². The SMILES string of the molecule is CC(C)OC(=O)N1[C@H]2CC[C@H]1CC(Oc1ncnc3c1ccn3-c1ccc(S(C)(=O)=O)cc1F)C2. The summed E-state index contributed by atoms with van der Waals surface area (Å²) in [4.78, 5) is 22.9. The quantitative estimate of drug-likeness (QED) is 0.522. The van der Waals surface area contributed by atoms with E-state index in [1.165, 1.54) is 18.5 Å². The van der Waals surface area contributed by atoms with Crippen LogP contribution in [0.1, 0.15) is 39.5 Å². The standard InChI is InChI=1S/C24H27FN4O5S/c1-14(2)33-24(30)29-15-4-5-16(29)11-17(10-15)34-23-19-8-9-28(22(19)26-13-27-23)21-7-6-18(12-20(21)25)35(3,31)32/h6-9,12-17H,4-5,10-11H2,1-3H3/t15-,16-/m0/s1. The molecule has 35 heavy (non-hydrogen) atoms. The average Bonchev–Trinajstić information content (AvgIpc) is 3.32. The molecule has 5 rings (SSSR count). The Morgan fingerprint density at radius 1 is 1.14 bits per heavy atom. The highest BCUT2D eigenvalue weighted by molar-refractivity contribution is 7.90. The van der Waals surface area contributed by atoms with E-state index >= 15 is 0 Å². The van der Waals surface area contributed by atoms with Crippen LogP contribution in [-0.4, -0.2) is 64.5 Å². The second-order valence-electron chi connectivity index (χ2n) is 9.42. The van der Waals surface area contributed by atoms with Gasteiger partial charge in [-0.1, -0.05) is 0 Å². The van der Waals surface area contributed by atoms with E-state index in [2.05, 4.69) is 9.97 Å². The van der Waals surface area contributed by atoms with E-state index in [-0.39, 0.29) is 41.0 Å². The zero-order chi connectivity index (χ0) is 24.9. The summed E-state index contributed by atoms with van der Waals surface area (Å²) in [5.74, 6) is -0.284. The molecule has 9 nitrogen and oxygen atoms in total. The predicted octanol–water partition coefficient (Wildman–Crippen LogP) is 3.88. The number of carbonyl (C=O) groups excluding carboxylic acids is 1. The van der Waals surface area contributed by atoms with Crippen LogP contribution >= 0.6 is 0 Å². The monoisotopic (exact) mass is 502 g/mol. The van der Waals surface area contributed by atoms with E-state index in [0.29, 0.717) is 29.8 Å². The summed E-state index contributed by atoms with van der Waals surface area (Å²) in [5.41, 5.74) is 0.619. The van der Waals surface area contributed by atoms with E-state index in [4.69, 9.17) is 9.47 Å². The maximum atomic E-state index is 14.8. The number of amides is 1. The first-order chi connectivity index (χ1) is 16.6. The zero-order valence-corrected chi connectivity index (χ0v) is 20.5. The molecule has 0 aliphatic carbocycles. The summed E-state index contributed by atoms with van der Waals surface area (Å²) in [5, 5.41) is 0.619. The van der Waals surface area contributed by atoms with Crippen LogP contribution in [0.15, 0.2) is 41.7 Å². The van der Waals surface area contributed by atoms with Crippen LogP contribution in [0.25, 0.3) is 16.7 Å². The number of hydrogen-bond donors (Lipinski definition) is 0. The minimum Gasteiger partial charge on any atom is -0.474 e. The van der Waals surface area contributed by atoms with Crippen LogP contribution in [0.3, 0.4) is 0 Å². The third kappa shape index (κ3) is 4.44. The Bertz CT molecular complexity index is 1380. The predicted molar refractivity (Wildman–Crippen MR) is 126 cm³/mol. The molecule has 3 aromatic rings. The number of rotatable bonds is 5. The highest BCUT2D eigenvalue weighted by Gasteiger charge is 2.45. The first-order valence-electron chi connectivity index (χ1n) is 11.6. The second kappa shape index (κ2) is 8.78. The van der Waals surface area contributed by atoms with E-state index < -0.39 is 15.7 Å². The van der Waals surface area contributed by atoms with Crippen LogP contribution in [-0.2, 0) is 14.6 Å². The molecule has 0 unspecified atom stereocenters. The summed E-state index contributed by atoms with van der Waals surface area (Å²) in [6.07, 6.45) is 6.68. The molecule has 0 saturated carbocycles. The second-order valence-corrected chi connectivity index (χ2v) is 11.4. The van der Waals surface area contributed by atoms with E-state index in [9.17, 15) is 17.6 Å². The third-order valence-corrected chi connectivity index (χ3v) is 7.68. The van der Waals surface area contributed by atoms with E-state index in [0.717, 1.165) is 25.2 Å². The molecular formula is C24H27FN4O5S. The van der Waals surface area contributed by atoms with Crippen LogP contribution in [0.5, 0.6) is 5.88 Å². The van der Waals surface area contributed by atoms with Gasteiger partial charge in [-0.3, -0.25) is 4.57 Å². The first-order valence-corrected chi connectivity index (χ1v) is 13.5. The molecule has 0 radical (unpaired) electrons. The minimum absolute atomic E-state index is 0.0642. The number of ether oxygens (including phenoxy) is 2. The number of benzene rings is 1. The molecule has 1 amide bonds. The number of fused-ring (bicyclic) bond motifs is 3. The van der Waals surface area contributed by atoms with Gasteiger partial charge in [-0.25, -0.2) is 27.6 Å². The maximum Gasteiger partial charge on any atom is 0.410 e. The topological polar surface area (TPSA) is 104 Å². The smallest absolute Gasteiger partial charge is 0.410 e. The van der Waals surface area contributed by atoms with Gasteiger partial charge in [0.25, 0.3) is 0 Å². The highest BCUT2D eigenvalue weighted by atomic mass is 32.2. The van der Waals surface area contributed by atoms with Crippen molar-refractivity contribution in [2.75, 3.05) is 6.26 Å². The molecule has 2 bridgehead atoms. The molecule has 2 saturated heterocycles. The van der Waals surface area contributed by atoms with Crippen molar-refractivity contribution in [2.45, 2.75) is 68.7 Å². The van der Waals surface area contributed by atoms with Gasteiger partial charge in [0.1, 0.15) is 18.2 Å². The number of nitrogens with zero attached hydrogens (tertiary/aromatic N) is 4. The van der Waals surface area contributed by atoms with Gasteiger partial charge in [-0.15, -0.1) is 0 Å². The summed E-state index contributed by atoms with van der Waals surface area (Å²) in [7, 11) is -3.52. The molecule has 4 heterocycles. The summed E-state index contributed by atoms with van der Waals surface area (Å²) < 4.78 is 51.6. The van der Waals surface area contributed by atoms with Gasteiger partial charge in [-0.05, 0) is 51.0 Å². The first kappa shape index (κ1) is 23.5. The number of aromatic nitrogens is 3. The van der Waals surface area contributed by atoms with Gasteiger partial charge in [-0.2, -0.15) is 0 Å². The Hall–Kier alpha value is -3.21. The average molecular weight is 503 g/mol. The lowest BCUT2D eigenvalue weighted by molar-refractivity contribution is 0.0212. The fourth-order valence-corrected chi connectivity index (χ4v) is 5.70. The van der Waals surface area contributed by atoms with Gasteiger partial charge in [0, 0.05) is 37.4 Å². The van der Waals surface area contributed by atoms with Crippen molar-refractivity contribution in [2.24, 2.45) is 0 Å². The molecule has 186 valence electrons. The van der Waals surface area contributed by atoms with E-state index in [1.54, 1.807) is 16.8 Å². The lowest BCUT2D eigenvalue weighted by Gasteiger charge is -2.38. The lowest BCUT2D eigenvalue weighted by atomic mass is 10.0. The van der Waals surface area contributed by atoms with Gasteiger partial charge < -0.3 is 14.4 Å². The molecule has 2 aliphatic heterocycles. The van der Waals surface area contributed by atoms with Crippen LogP contribution in [0.2, 0.25) is 0 Å². The fourth-order valence-electron chi connectivity index (χ4n) is 5.07. The molecule has 1 aromatic carbocycles. The minimum atomic E-state index is -3.52. The fraction of sp³-hybridized carbons (Fsp3) is 0.458. The molecule has 0 N–H and O–H groups in total. The van der Waals surface area contributed by atoms with Crippen molar-refractivity contribution < 1.29 is 27.1 Å². The normalized spacial score (nSPS) is 22.1. The number of sulfone groups is 1. The summed E-state index contributed by atoms with van der Waals surface area (Å²) in [6.45, 7) is 3.68. The van der Waals surface area contributed by atoms with Gasteiger partial charge in [0.05, 0.1) is 22.1 Å². The number of carbonyl (C=O) groups is 1. The molecule has 2 aromatic heterocycles.